The second kappa shape index (κ2) is 6.55. The summed E-state index contributed by atoms with van der Waals surface area (Å²) in [4.78, 5) is 12.8. The van der Waals surface area contributed by atoms with Gasteiger partial charge in [0.2, 0.25) is 0 Å². The van der Waals surface area contributed by atoms with E-state index in [2.05, 4.69) is 4.57 Å². The number of nitrogens with zero attached hydrogens (tertiary/aromatic N) is 1. The molecule has 0 amide bonds. The number of Topliss-reactive ketones (excluding diaryl/α,β-unsaturated/α-hetero) is 1. The third-order valence-corrected chi connectivity index (χ3v) is 6.53. The summed E-state index contributed by atoms with van der Waals surface area (Å²) < 4.78 is 27.1. The lowest BCUT2D eigenvalue weighted by Crippen LogP contribution is -2.17. The van der Waals surface area contributed by atoms with Gasteiger partial charge in [0.25, 0.3) is 0 Å². The normalized spacial score (nSPS) is 15.8. The van der Waals surface area contributed by atoms with Gasteiger partial charge in [0.15, 0.2) is 15.6 Å². The Morgan fingerprint density at radius 3 is 2.38 bits per heavy atom. The Hall–Kier alpha value is -1.88. The Bertz CT molecular complexity index is 844. The zero-order valence-electron chi connectivity index (χ0n) is 14.2. The number of rotatable bonds is 5. The van der Waals surface area contributed by atoms with Crippen molar-refractivity contribution in [2.75, 3.05) is 5.75 Å². The number of aromatic nitrogens is 1. The van der Waals surface area contributed by atoms with Crippen LogP contribution in [0.1, 0.15) is 53.5 Å². The van der Waals surface area contributed by atoms with E-state index >= 15 is 0 Å². The highest BCUT2D eigenvalue weighted by atomic mass is 32.2. The molecule has 1 aliphatic rings. The molecule has 0 radical (unpaired) electrons. The van der Waals surface area contributed by atoms with Crippen molar-refractivity contribution in [1.82, 2.24) is 4.57 Å². The van der Waals surface area contributed by atoms with Crippen molar-refractivity contribution in [3.63, 3.8) is 0 Å². The fourth-order valence-electron chi connectivity index (χ4n) is 3.75. The van der Waals surface area contributed by atoms with Gasteiger partial charge < -0.3 is 4.57 Å². The van der Waals surface area contributed by atoms with Gasteiger partial charge in [0, 0.05) is 23.0 Å². The minimum absolute atomic E-state index is 0.197. The van der Waals surface area contributed by atoms with E-state index in [1.54, 1.807) is 18.2 Å². The molecule has 3 rings (SSSR count). The van der Waals surface area contributed by atoms with Gasteiger partial charge in [-0.15, -0.1) is 0 Å². The maximum absolute atomic E-state index is 12.6. The fraction of sp³-hybridized carbons (Fsp3) is 0.421. The first-order chi connectivity index (χ1) is 11.4. The highest BCUT2D eigenvalue weighted by Gasteiger charge is 2.26. The standard InChI is InChI=1S/C19H23NO3S/c1-14-12-18(15(2)20(14)16-8-6-7-9-16)19(21)13-24(22,23)17-10-4-3-5-11-17/h3-5,10-12,16H,6-9,13H2,1-2H3. The number of hydrogen-bond donors (Lipinski definition) is 0. The van der Waals surface area contributed by atoms with Gasteiger partial charge in [-0.3, -0.25) is 4.79 Å². The third-order valence-electron chi connectivity index (χ3n) is 4.90. The molecule has 5 heteroatoms. The maximum atomic E-state index is 12.6. The number of ketones is 1. The Morgan fingerprint density at radius 1 is 1.12 bits per heavy atom. The van der Waals surface area contributed by atoms with Crippen molar-refractivity contribution in [2.24, 2.45) is 0 Å². The Morgan fingerprint density at radius 2 is 1.75 bits per heavy atom. The molecule has 1 aromatic carbocycles. The van der Waals surface area contributed by atoms with Crippen molar-refractivity contribution in [3.05, 3.63) is 53.3 Å². The van der Waals surface area contributed by atoms with Crippen molar-refractivity contribution < 1.29 is 13.2 Å². The molecule has 0 N–H and O–H groups in total. The van der Waals surface area contributed by atoms with E-state index in [1.165, 1.54) is 25.0 Å². The minimum atomic E-state index is -3.61. The molecular formula is C19H23NO3S. The zero-order chi connectivity index (χ0) is 17.3. The Labute approximate surface area is 143 Å². The van der Waals surface area contributed by atoms with Crippen LogP contribution in [0.15, 0.2) is 41.3 Å². The lowest BCUT2D eigenvalue weighted by molar-refractivity contribution is 0.102. The largest absolute Gasteiger partial charge is 0.345 e. The van der Waals surface area contributed by atoms with Gasteiger partial charge in [-0.1, -0.05) is 31.0 Å². The molecule has 0 atom stereocenters. The predicted molar refractivity (Wildman–Crippen MR) is 94.2 cm³/mol. The molecule has 1 aromatic heterocycles. The number of carbonyl (C=O) groups excluding carboxylic acids is 1. The minimum Gasteiger partial charge on any atom is -0.345 e. The maximum Gasteiger partial charge on any atom is 0.185 e. The molecule has 0 bridgehead atoms. The van der Waals surface area contributed by atoms with Gasteiger partial charge in [-0.05, 0) is 44.9 Å². The van der Waals surface area contributed by atoms with Crippen LogP contribution in [0.2, 0.25) is 0 Å². The van der Waals surface area contributed by atoms with Crippen molar-refractivity contribution >= 4 is 15.6 Å². The molecule has 0 aliphatic heterocycles. The van der Waals surface area contributed by atoms with Crippen LogP contribution in [0.25, 0.3) is 0 Å². The number of sulfone groups is 1. The molecule has 2 aromatic rings. The zero-order valence-corrected chi connectivity index (χ0v) is 15.0. The average Bonchev–Trinajstić information content (AvgIpc) is 3.15. The monoisotopic (exact) mass is 345 g/mol. The van der Waals surface area contributed by atoms with Gasteiger partial charge >= 0.3 is 0 Å². The van der Waals surface area contributed by atoms with Crippen LogP contribution >= 0.6 is 0 Å². The topological polar surface area (TPSA) is 56.1 Å². The summed E-state index contributed by atoms with van der Waals surface area (Å²) in [6, 6.07) is 10.4. The van der Waals surface area contributed by atoms with E-state index < -0.39 is 15.6 Å². The molecule has 4 nitrogen and oxygen atoms in total. The smallest absolute Gasteiger partial charge is 0.185 e. The first kappa shape index (κ1) is 17.0. The fourth-order valence-corrected chi connectivity index (χ4v) is 4.98. The molecule has 1 fully saturated rings. The van der Waals surface area contributed by atoms with Crippen LogP contribution in [-0.2, 0) is 9.84 Å². The molecule has 24 heavy (non-hydrogen) atoms. The first-order valence-electron chi connectivity index (χ1n) is 8.39. The van der Waals surface area contributed by atoms with Gasteiger partial charge in [-0.2, -0.15) is 0 Å². The molecular weight excluding hydrogens is 322 g/mol. The summed E-state index contributed by atoms with van der Waals surface area (Å²) >= 11 is 0. The van der Waals surface area contributed by atoms with Crippen molar-refractivity contribution in [1.29, 1.82) is 0 Å². The third kappa shape index (κ3) is 3.18. The van der Waals surface area contributed by atoms with Crippen LogP contribution in [0.5, 0.6) is 0 Å². The molecule has 0 unspecified atom stereocenters. The molecule has 128 valence electrons. The summed E-state index contributed by atoms with van der Waals surface area (Å²) in [5.41, 5.74) is 2.48. The molecule has 0 spiro atoms. The van der Waals surface area contributed by atoms with Gasteiger partial charge in [0.05, 0.1) is 4.90 Å². The summed E-state index contributed by atoms with van der Waals surface area (Å²) in [5, 5.41) is 0. The Kier molecular flexibility index (Phi) is 4.63. The number of hydrogen-bond acceptors (Lipinski definition) is 3. The SMILES string of the molecule is Cc1cc(C(=O)CS(=O)(=O)c2ccccc2)c(C)n1C1CCCC1. The molecule has 1 saturated carbocycles. The van der Waals surface area contributed by atoms with Crippen LogP contribution in [0.4, 0.5) is 0 Å². The Balaban J connectivity index is 1.87. The van der Waals surface area contributed by atoms with Crippen LogP contribution in [-0.4, -0.2) is 24.5 Å². The number of benzene rings is 1. The van der Waals surface area contributed by atoms with Crippen LogP contribution in [0, 0.1) is 13.8 Å². The highest BCUT2D eigenvalue weighted by molar-refractivity contribution is 7.92. The van der Waals surface area contributed by atoms with E-state index in [9.17, 15) is 13.2 Å². The number of carbonyl (C=O) groups is 1. The van der Waals surface area contributed by atoms with E-state index in [4.69, 9.17) is 0 Å². The summed E-state index contributed by atoms with van der Waals surface area (Å²) in [6.07, 6.45) is 4.69. The van der Waals surface area contributed by atoms with Crippen molar-refractivity contribution in [2.45, 2.75) is 50.5 Å². The van der Waals surface area contributed by atoms with E-state index in [-0.39, 0.29) is 10.7 Å². The lowest BCUT2D eigenvalue weighted by atomic mass is 10.2. The van der Waals surface area contributed by atoms with Crippen LogP contribution < -0.4 is 0 Å². The molecule has 0 saturated heterocycles. The molecule has 1 aliphatic carbocycles. The predicted octanol–water partition coefficient (Wildman–Crippen LogP) is 3.88. The summed E-state index contributed by atoms with van der Waals surface area (Å²) in [5.74, 6) is -0.803. The van der Waals surface area contributed by atoms with E-state index in [0.29, 0.717) is 11.6 Å². The number of aryl methyl sites for hydroxylation is 1. The van der Waals surface area contributed by atoms with Gasteiger partial charge in [-0.25, -0.2) is 8.42 Å². The van der Waals surface area contributed by atoms with E-state index in [1.807, 2.05) is 19.9 Å². The van der Waals surface area contributed by atoms with Gasteiger partial charge in [0.1, 0.15) is 5.75 Å². The summed E-state index contributed by atoms with van der Waals surface area (Å²) in [7, 11) is -3.61. The van der Waals surface area contributed by atoms with Crippen LogP contribution in [0.3, 0.4) is 0 Å². The average molecular weight is 345 g/mol. The summed E-state index contributed by atoms with van der Waals surface area (Å²) in [6.45, 7) is 3.92. The van der Waals surface area contributed by atoms with Crippen molar-refractivity contribution in [3.8, 4) is 0 Å². The highest BCUT2D eigenvalue weighted by Crippen LogP contribution is 2.33. The second-order valence-corrected chi connectivity index (χ2v) is 8.58. The van der Waals surface area contributed by atoms with E-state index in [0.717, 1.165) is 24.2 Å². The second-order valence-electron chi connectivity index (χ2n) is 6.59. The first-order valence-corrected chi connectivity index (χ1v) is 10.0. The lowest BCUT2D eigenvalue weighted by Gasteiger charge is -2.17. The molecule has 1 heterocycles. The quantitative estimate of drug-likeness (QED) is 0.773.